The highest BCUT2D eigenvalue weighted by Gasteiger charge is 2.71. The summed E-state index contributed by atoms with van der Waals surface area (Å²) in [4.78, 5) is 14.6. The number of rotatable bonds is 7. The molecule has 1 heterocycles. The lowest BCUT2D eigenvalue weighted by atomic mass is 9.36. The Morgan fingerprint density at radius 1 is 1.02 bits per heavy atom. The second kappa shape index (κ2) is 11.3. The molecule has 13 atom stereocenters. The van der Waals surface area contributed by atoms with Gasteiger partial charge in [0, 0.05) is 12.3 Å². The van der Waals surface area contributed by atoms with Crippen molar-refractivity contribution < 1.29 is 34.7 Å². The monoisotopic (exact) mass is 602 g/mol. The molecule has 1 saturated heterocycles. The minimum Gasteiger partial charge on any atom is -0.394 e. The van der Waals surface area contributed by atoms with E-state index in [0.29, 0.717) is 30.5 Å². The van der Waals surface area contributed by atoms with Gasteiger partial charge >= 0.3 is 0 Å². The van der Waals surface area contributed by atoms with Crippen molar-refractivity contribution in [2.75, 3.05) is 6.61 Å². The normalized spacial score (nSPS) is 48.6. The molecule has 0 aromatic heterocycles. The molecule has 0 bridgehead atoms. The predicted molar refractivity (Wildman–Crippen MR) is 166 cm³/mol. The van der Waals surface area contributed by atoms with E-state index in [4.69, 9.17) is 9.47 Å². The van der Waals surface area contributed by atoms with Gasteiger partial charge in [-0.15, -0.1) is 0 Å². The summed E-state index contributed by atoms with van der Waals surface area (Å²) in [7, 11) is 0. The molecule has 0 unspecified atom stereocenters. The number of hydrogen-bond donors (Lipinski definition) is 4. The lowest BCUT2D eigenvalue weighted by molar-refractivity contribution is -0.333. The first-order valence-electron chi connectivity index (χ1n) is 16.8. The van der Waals surface area contributed by atoms with E-state index in [-0.39, 0.29) is 33.5 Å². The van der Waals surface area contributed by atoms with Gasteiger partial charge in [-0.1, -0.05) is 58.4 Å². The van der Waals surface area contributed by atoms with Gasteiger partial charge in [0.2, 0.25) is 0 Å². The fourth-order valence-electron chi connectivity index (χ4n) is 11.1. The number of aliphatic hydroxyl groups excluding tert-OH is 4. The van der Waals surface area contributed by atoms with Crippen LogP contribution in [0, 0.1) is 45.3 Å². The maximum atomic E-state index is 14.6. The standard InChI is InChI=1S/C36H58O7/c1-21(2)11-9-16-36(8,43-31-30(41)29(40)28(39)24(20-37)42-31)22-12-17-35(7)27(22)23(38)19-26-33(5)15-10-14-32(3,4)25(33)13-18-34(26,35)6/h10-11,14,22,24-31,37,39-41H,9,12-13,15-20H2,1-8H3/t22-,24+,25-,26+,27-,28+,29-,30+,31-,33-,34+,35+,36-/m0/s1. The molecule has 4 fully saturated rings. The van der Waals surface area contributed by atoms with Crippen molar-refractivity contribution in [3.63, 3.8) is 0 Å². The number of fused-ring (bicyclic) bond motifs is 5. The highest BCUT2D eigenvalue weighted by atomic mass is 16.7. The van der Waals surface area contributed by atoms with Crippen molar-refractivity contribution in [2.45, 2.75) is 143 Å². The number of ketones is 1. The summed E-state index contributed by atoms with van der Waals surface area (Å²) < 4.78 is 12.6. The van der Waals surface area contributed by atoms with Crippen molar-refractivity contribution >= 4 is 5.78 Å². The van der Waals surface area contributed by atoms with Gasteiger partial charge in [-0.05, 0) is 105 Å². The molecule has 0 amide bonds. The van der Waals surface area contributed by atoms with Crippen molar-refractivity contribution in [3.8, 4) is 0 Å². The third kappa shape index (κ3) is 5.13. The number of carbonyl (C=O) groups excluding carboxylic acids is 1. The van der Waals surface area contributed by atoms with Crippen LogP contribution in [0.2, 0.25) is 0 Å². The van der Waals surface area contributed by atoms with Crippen LogP contribution in [0.3, 0.4) is 0 Å². The first-order valence-corrected chi connectivity index (χ1v) is 16.8. The fourth-order valence-corrected chi connectivity index (χ4v) is 11.1. The van der Waals surface area contributed by atoms with Gasteiger partial charge < -0.3 is 29.9 Å². The molecule has 43 heavy (non-hydrogen) atoms. The van der Waals surface area contributed by atoms with Gasteiger partial charge in [-0.3, -0.25) is 4.79 Å². The first kappa shape index (κ1) is 33.3. The maximum Gasteiger partial charge on any atom is 0.187 e. The zero-order valence-corrected chi connectivity index (χ0v) is 27.8. The third-order valence-electron chi connectivity index (χ3n) is 13.6. The Labute approximate surface area is 259 Å². The van der Waals surface area contributed by atoms with Crippen molar-refractivity contribution in [1.82, 2.24) is 0 Å². The number of ether oxygens (including phenoxy) is 2. The number of carbonyl (C=O) groups is 1. The zero-order valence-electron chi connectivity index (χ0n) is 27.8. The molecule has 0 aromatic carbocycles. The Hall–Kier alpha value is -1.09. The number of allylic oxidation sites excluding steroid dienone is 4. The molecule has 7 heteroatoms. The summed E-state index contributed by atoms with van der Waals surface area (Å²) in [6.45, 7) is 17.7. The molecule has 244 valence electrons. The van der Waals surface area contributed by atoms with E-state index in [0.717, 1.165) is 32.1 Å². The summed E-state index contributed by atoms with van der Waals surface area (Å²) in [6.07, 6.45) is 7.28. The van der Waals surface area contributed by atoms with Crippen LogP contribution < -0.4 is 0 Å². The van der Waals surface area contributed by atoms with E-state index in [1.807, 2.05) is 6.92 Å². The zero-order chi connectivity index (χ0) is 31.8. The summed E-state index contributed by atoms with van der Waals surface area (Å²) in [5.74, 6) is 0.944. The highest BCUT2D eigenvalue weighted by molar-refractivity contribution is 5.84. The van der Waals surface area contributed by atoms with Gasteiger partial charge in [-0.2, -0.15) is 0 Å². The van der Waals surface area contributed by atoms with E-state index < -0.39 is 42.9 Å². The Kier molecular flexibility index (Phi) is 8.75. The van der Waals surface area contributed by atoms with Crippen molar-refractivity contribution in [2.24, 2.45) is 45.3 Å². The molecular formula is C36H58O7. The van der Waals surface area contributed by atoms with Gasteiger partial charge in [0.05, 0.1) is 12.2 Å². The van der Waals surface area contributed by atoms with E-state index in [1.165, 1.54) is 12.0 Å². The van der Waals surface area contributed by atoms with Crippen LogP contribution in [0.1, 0.15) is 107 Å². The molecule has 3 saturated carbocycles. The van der Waals surface area contributed by atoms with Gasteiger partial charge in [0.25, 0.3) is 0 Å². The number of aliphatic hydroxyl groups is 4. The second-order valence-electron chi connectivity index (χ2n) is 16.7. The van der Waals surface area contributed by atoms with Crippen molar-refractivity contribution in [1.29, 1.82) is 0 Å². The van der Waals surface area contributed by atoms with Crippen LogP contribution >= 0.6 is 0 Å². The minimum atomic E-state index is -1.51. The van der Waals surface area contributed by atoms with Crippen molar-refractivity contribution in [3.05, 3.63) is 23.8 Å². The quantitative estimate of drug-likeness (QED) is 0.291. The number of Topliss-reactive ketones (excluding diaryl/α,β-unsaturated/α-hetero) is 1. The minimum absolute atomic E-state index is 0.0107. The van der Waals surface area contributed by atoms with Gasteiger partial charge in [0.1, 0.15) is 30.2 Å². The van der Waals surface area contributed by atoms with Crippen LogP contribution in [0.5, 0.6) is 0 Å². The summed E-state index contributed by atoms with van der Waals surface area (Å²) in [5.41, 5.74) is 0.384. The van der Waals surface area contributed by atoms with E-state index in [1.54, 1.807) is 0 Å². The maximum absolute atomic E-state index is 14.6. The first-order chi connectivity index (χ1) is 19.9. The summed E-state index contributed by atoms with van der Waals surface area (Å²) in [5, 5.41) is 41.6. The second-order valence-corrected chi connectivity index (χ2v) is 16.7. The molecule has 5 aliphatic rings. The van der Waals surface area contributed by atoms with Gasteiger partial charge in [-0.25, -0.2) is 0 Å². The topological polar surface area (TPSA) is 116 Å². The Balaban J connectivity index is 1.49. The van der Waals surface area contributed by atoms with Crippen LogP contribution in [0.25, 0.3) is 0 Å². The lowest BCUT2D eigenvalue weighted by Crippen LogP contribution is -2.65. The van der Waals surface area contributed by atoms with Crippen LogP contribution in [-0.2, 0) is 14.3 Å². The van der Waals surface area contributed by atoms with Gasteiger partial charge in [0.15, 0.2) is 6.29 Å². The van der Waals surface area contributed by atoms with Crippen LogP contribution in [-0.4, -0.2) is 69.1 Å². The van der Waals surface area contributed by atoms with E-state index >= 15 is 0 Å². The molecule has 4 N–H and O–H groups in total. The largest absolute Gasteiger partial charge is 0.394 e. The SMILES string of the molecule is CC(C)=CCC[C@](C)(O[C@@H]1O[C@H](CO)[C@@H](O)[C@H](O)[C@H]1O)[C@H]1CC[C@]2(C)[C@@H]1C(=O)C[C@@H]1[C@@]3(C)CC=CC(C)(C)[C@@H]3CC[C@]12C. The molecule has 0 spiro atoms. The molecule has 0 radical (unpaired) electrons. The van der Waals surface area contributed by atoms with E-state index in [9.17, 15) is 25.2 Å². The van der Waals surface area contributed by atoms with E-state index in [2.05, 4.69) is 66.7 Å². The predicted octanol–water partition coefficient (Wildman–Crippen LogP) is 5.34. The molecule has 4 aliphatic carbocycles. The molecule has 1 aliphatic heterocycles. The third-order valence-corrected chi connectivity index (χ3v) is 13.6. The average molecular weight is 603 g/mol. The fraction of sp³-hybridized carbons (Fsp3) is 0.861. The Morgan fingerprint density at radius 2 is 1.70 bits per heavy atom. The lowest BCUT2D eigenvalue weighted by Gasteiger charge is -2.68. The molecule has 7 nitrogen and oxygen atoms in total. The summed E-state index contributed by atoms with van der Waals surface area (Å²) >= 11 is 0. The molecule has 0 aromatic rings. The summed E-state index contributed by atoms with van der Waals surface area (Å²) in [6, 6.07) is 0. The highest BCUT2D eigenvalue weighted by Crippen LogP contribution is 2.74. The smallest absolute Gasteiger partial charge is 0.187 e. The number of hydrogen-bond acceptors (Lipinski definition) is 7. The Morgan fingerprint density at radius 3 is 2.35 bits per heavy atom. The van der Waals surface area contributed by atoms with Crippen LogP contribution in [0.4, 0.5) is 0 Å². The molecular weight excluding hydrogens is 544 g/mol. The Bertz CT molecular complexity index is 1120. The molecule has 5 rings (SSSR count). The average Bonchev–Trinajstić information content (AvgIpc) is 3.30. The van der Waals surface area contributed by atoms with Crippen LogP contribution in [0.15, 0.2) is 23.8 Å².